The molecule has 0 bridgehead atoms. The lowest BCUT2D eigenvalue weighted by molar-refractivity contribution is -0.384. The van der Waals surface area contributed by atoms with Crippen LogP contribution in [0.15, 0.2) is 64.7 Å². The fourth-order valence-corrected chi connectivity index (χ4v) is 3.30. The number of para-hydroxylation sites is 2. The standard InChI is InChI=1S/C18H16N5O2/c19-8-9-23-12-16(13-4-3-5-14(10-13)22(24)25)21-18(23)11-20-15-6-1-2-7-17(15)23/h1-7,10-12H,8-9,19H2/q+1. The molecule has 0 saturated heterocycles. The molecule has 7 heteroatoms. The fraction of sp³-hybridized carbons (Fsp3) is 0.111. The van der Waals surface area contributed by atoms with Crippen LogP contribution in [0.2, 0.25) is 0 Å². The van der Waals surface area contributed by atoms with Gasteiger partial charge < -0.3 is 5.73 Å². The zero-order valence-electron chi connectivity index (χ0n) is 13.4. The number of benzene rings is 2. The molecule has 4 rings (SSSR count). The maximum Gasteiger partial charge on any atom is 0.270 e. The van der Waals surface area contributed by atoms with E-state index in [9.17, 15) is 10.1 Å². The van der Waals surface area contributed by atoms with Gasteiger partial charge in [-0.25, -0.2) is 9.48 Å². The summed E-state index contributed by atoms with van der Waals surface area (Å²) in [5.74, 6) is 0.769. The number of nitrogens with zero attached hydrogens (tertiary/aromatic N) is 4. The van der Waals surface area contributed by atoms with E-state index in [1.165, 1.54) is 12.1 Å². The average molecular weight is 334 g/mol. The molecule has 0 aliphatic carbocycles. The van der Waals surface area contributed by atoms with E-state index < -0.39 is 4.92 Å². The predicted octanol–water partition coefficient (Wildman–Crippen LogP) is 2.99. The fourth-order valence-electron chi connectivity index (χ4n) is 3.30. The second-order valence-electron chi connectivity index (χ2n) is 5.92. The number of quaternary nitrogens is 1. The number of nitrogens with two attached hydrogens (primary N) is 1. The largest absolute Gasteiger partial charge is 0.326 e. The topological polar surface area (TPSA) is 93.9 Å². The van der Waals surface area contributed by atoms with Crippen LogP contribution >= 0.6 is 0 Å². The van der Waals surface area contributed by atoms with Gasteiger partial charge in [0.1, 0.15) is 30.3 Å². The zero-order valence-corrected chi connectivity index (χ0v) is 13.4. The number of non-ortho nitro benzene ring substituents is 1. The molecule has 0 aromatic heterocycles. The van der Waals surface area contributed by atoms with E-state index in [-0.39, 0.29) is 5.69 Å². The molecule has 2 aliphatic heterocycles. The van der Waals surface area contributed by atoms with Crippen molar-refractivity contribution in [1.29, 1.82) is 0 Å². The first-order valence-electron chi connectivity index (χ1n) is 7.92. The Labute approximate surface area is 144 Å². The molecule has 0 radical (unpaired) electrons. The summed E-state index contributed by atoms with van der Waals surface area (Å²) in [6.07, 6.45) is 3.75. The lowest BCUT2D eigenvalue weighted by Gasteiger charge is -2.32. The number of amidine groups is 1. The Balaban J connectivity index is 1.88. The van der Waals surface area contributed by atoms with Crippen LogP contribution in [0.1, 0.15) is 5.56 Å². The maximum atomic E-state index is 11.1. The summed E-state index contributed by atoms with van der Waals surface area (Å²) < 4.78 is 0.383. The number of nitro groups is 1. The first-order valence-corrected chi connectivity index (χ1v) is 7.92. The normalized spacial score (nSPS) is 20.5. The lowest BCUT2D eigenvalue weighted by atomic mass is 10.1. The van der Waals surface area contributed by atoms with Crippen LogP contribution in [0.5, 0.6) is 0 Å². The second-order valence-corrected chi connectivity index (χ2v) is 5.92. The highest BCUT2D eigenvalue weighted by atomic mass is 16.6. The van der Waals surface area contributed by atoms with Gasteiger partial charge in [-0.3, -0.25) is 10.1 Å². The Bertz CT molecular complexity index is 963. The molecule has 0 spiro atoms. The molecule has 2 aliphatic rings. The van der Waals surface area contributed by atoms with Crippen LogP contribution < -0.4 is 10.2 Å². The van der Waals surface area contributed by atoms with Gasteiger partial charge in [0.15, 0.2) is 5.69 Å². The third-order valence-electron chi connectivity index (χ3n) is 4.45. The van der Waals surface area contributed by atoms with Crippen LogP contribution in [-0.4, -0.2) is 30.1 Å². The summed E-state index contributed by atoms with van der Waals surface area (Å²) in [4.78, 5) is 19.8. The van der Waals surface area contributed by atoms with Crippen LogP contribution in [0.4, 0.5) is 17.1 Å². The number of rotatable bonds is 4. The zero-order chi connectivity index (χ0) is 17.4. The molecule has 2 heterocycles. The van der Waals surface area contributed by atoms with Crippen LogP contribution in [-0.2, 0) is 0 Å². The van der Waals surface area contributed by atoms with Gasteiger partial charge in [-0.2, -0.15) is 4.99 Å². The Morgan fingerprint density at radius 3 is 2.80 bits per heavy atom. The molecule has 25 heavy (non-hydrogen) atoms. The minimum absolute atomic E-state index is 0.0444. The van der Waals surface area contributed by atoms with Crippen molar-refractivity contribution in [3.05, 3.63) is 70.4 Å². The molecule has 0 saturated carbocycles. The minimum Gasteiger partial charge on any atom is -0.326 e. The van der Waals surface area contributed by atoms with Gasteiger partial charge in [0, 0.05) is 30.3 Å². The molecule has 1 atom stereocenters. The highest BCUT2D eigenvalue weighted by Crippen LogP contribution is 2.42. The molecular weight excluding hydrogens is 318 g/mol. The van der Waals surface area contributed by atoms with Crippen molar-refractivity contribution < 1.29 is 4.92 Å². The van der Waals surface area contributed by atoms with Crippen molar-refractivity contribution in [2.24, 2.45) is 15.7 Å². The molecule has 0 amide bonds. The van der Waals surface area contributed by atoms with Crippen LogP contribution in [0.25, 0.3) is 5.70 Å². The van der Waals surface area contributed by atoms with Crippen LogP contribution in [0, 0.1) is 10.1 Å². The Morgan fingerprint density at radius 1 is 1.16 bits per heavy atom. The molecule has 2 N–H and O–H groups in total. The van der Waals surface area contributed by atoms with Crippen molar-refractivity contribution in [3.63, 3.8) is 0 Å². The van der Waals surface area contributed by atoms with Crippen LogP contribution in [0.3, 0.4) is 0 Å². The predicted molar refractivity (Wildman–Crippen MR) is 98.8 cm³/mol. The van der Waals surface area contributed by atoms with E-state index in [4.69, 9.17) is 10.7 Å². The monoisotopic (exact) mass is 334 g/mol. The number of hydrogen-bond acceptors (Lipinski definition) is 5. The van der Waals surface area contributed by atoms with Gasteiger partial charge in [-0.05, 0) is 6.07 Å². The Hall–Kier alpha value is -3.16. The Morgan fingerprint density at radius 2 is 2.00 bits per heavy atom. The van der Waals surface area contributed by atoms with Gasteiger partial charge >= 0.3 is 0 Å². The van der Waals surface area contributed by atoms with Crippen molar-refractivity contribution >= 4 is 34.8 Å². The lowest BCUT2D eigenvalue weighted by Crippen LogP contribution is -2.52. The van der Waals surface area contributed by atoms with Gasteiger partial charge in [-0.1, -0.05) is 24.3 Å². The molecular formula is C18H16N5O2+. The van der Waals surface area contributed by atoms with E-state index >= 15 is 0 Å². The summed E-state index contributed by atoms with van der Waals surface area (Å²) in [6.45, 7) is 1.11. The number of fused-ring (bicyclic) bond motifs is 3. The number of hydrogen-bond donors (Lipinski definition) is 1. The smallest absolute Gasteiger partial charge is 0.270 e. The molecule has 1 unspecified atom stereocenters. The van der Waals surface area contributed by atoms with Gasteiger partial charge in [0.25, 0.3) is 11.5 Å². The summed E-state index contributed by atoms with van der Waals surface area (Å²) in [6, 6.07) is 14.4. The molecule has 2 aromatic carbocycles. The maximum absolute atomic E-state index is 11.1. The highest BCUT2D eigenvalue weighted by Gasteiger charge is 2.43. The van der Waals surface area contributed by atoms with Gasteiger partial charge in [0.2, 0.25) is 0 Å². The molecule has 0 fully saturated rings. The van der Waals surface area contributed by atoms with Gasteiger partial charge in [0.05, 0.1) is 4.92 Å². The van der Waals surface area contributed by atoms with Crippen molar-refractivity contribution in [3.8, 4) is 0 Å². The van der Waals surface area contributed by atoms with E-state index in [0.717, 1.165) is 17.2 Å². The van der Waals surface area contributed by atoms with Gasteiger partial charge in [-0.15, -0.1) is 0 Å². The summed E-state index contributed by atoms with van der Waals surface area (Å²) in [5, 5.41) is 11.1. The SMILES string of the molecule is NCC[N+]12C=C(c3cccc([N+](=O)[O-])c3)N=C1C=Nc1ccccc12. The van der Waals surface area contributed by atoms with Crippen molar-refractivity contribution in [2.45, 2.75) is 0 Å². The van der Waals surface area contributed by atoms with E-state index in [1.807, 2.05) is 36.5 Å². The summed E-state index contributed by atoms with van der Waals surface area (Å²) in [7, 11) is 0. The quantitative estimate of drug-likeness (QED) is 0.529. The Kier molecular flexibility index (Phi) is 3.52. The summed E-state index contributed by atoms with van der Waals surface area (Å²) >= 11 is 0. The molecule has 124 valence electrons. The third kappa shape index (κ3) is 2.37. The third-order valence-corrected chi connectivity index (χ3v) is 4.45. The van der Waals surface area contributed by atoms with E-state index in [2.05, 4.69) is 4.99 Å². The van der Waals surface area contributed by atoms with E-state index in [1.54, 1.807) is 12.3 Å². The number of nitro benzene ring substituents is 1. The first-order chi connectivity index (χ1) is 12.1. The van der Waals surface area contributed by atoms with Crippen molar-refractivity contribution in [1.82, 2.24) is 4.48 Å². The van der Waals surface area contributed by atoms with Crippen molar-refractivity contribution in [2.75, 3.05) is 13.1 Å². The minimum atomic E-state index is -0.402. The highest BCUT2D eigenvalue weighted by molar-refractivity contribution is 6.38. The summed E-state index contributed by atoms with van der Waals surface area (Å²) in [5.41, 5.74) is 9.21. The number of aliphatic imine (C=N–C) groups is 2. The first kappa shape index (κ1) is 15.4. The molecule has 2 aromatic rings. The second kappa shape index (κ2) is 5.73. The van der Waals surface area contributed by atoms with E-state index in [0.29, 0.717) is 28.8 Å². The average Bonchev–Trinajstić information content (AvgIpc) is 3.02. The molecule has 7 nitrogen and oxygen atoms in total.